The van der Waals surface area contributed by atoms with Crippen LogP contribution in [0.25, 0.3) is 55.0 Å². The lowest BCUT2D eigenvalue weighted by molar-refractivity contribution is -0.287. The molecule has 13 rings (SSSR count). The molecule has 73 heavy (non-hydrogen) atoms. The highest BCUT2D eigenvalue weighted by molar-refractivity contribution is 6.06. The van der Waals surface area contributed by atoms with Gasteiger partial charge in [0.2, 0.25) is 11.8 Å². The summed E-state index contributed by atoms with van der Waals surface area (Å²) in [6, 6.07) is 42.5. The van der Waals surface area contributed by atoms with Gasteiger partial charge in [0.15, 0.2) is 23.0 Å². The van der Waals surface area contributed by atoms with Crippen LogP contribution in [0.15, 0.2) is 146 Å². The van der Waals surface area contributed by atoms with E-state index in [0.717, 1.165) is 49.4 Å². The number of alkyl halides is 4. The molecule has 364 valence electrons. The maximum Gasteiger partial charge on any atom is 0.586 e. The lowest BCUT2D eigenvalue weighted by atomic mass is 9.94. The molecule has 0 unspecified atom stereocenters. The van der Waals surface area contributed by atoms with E-state index in [-0.39, 0.29) is 40.4 Å². The highest BCUT2D eigenvalue weighted by atomic mass is 19.3. The molecular weight excluding hydrogens is 947 g/mol. The number of H-pyrrole nitrogens is 1. The number of anilines is 2. The third kappa shape index (κ3) is 8.31. The maximum absolute atomic E-state index is 13.5. The van der Waals surface area contributed by atoms with Crippen molar-refractivity contribution in [1.82, 2.24) is 15.0 Å². The van der Waals surface area contributed by atoms with Crippen LogP contribution < -0.4 is 29.6 Å². The number of aryl methyl sites for hydroxylation is 1. The number of carbonyl (C=O) groups excluding carboxylic acids is 2. The van der Waals surface area contributed by atoms with E-state index in [4.69, 9.17) is 4.98 Å². The van der Waals surface area contributed by atoms with Crippen molar-refractivity contribution in [3.05, 3.63) is 168 Å². The molecule has 2 saturated carbocycles. The van der Waals surface area contributed by atoms with Crippen LogP contribution in [0.4, 0.5) is 29.2 Å². The number of amides is 2. The third-order valence-corrected chi connectivity index (χ3v) is 13.7. The van der Waals surface area contributed by atoms with Crippen LogP contribution in [0, 0.1) is 6.92 Å². The van der Waals surface area contributed by atoms with Gasteiger partial charge in [-0.1, -0.05) is 78.9 Å². The van der Waals surface area contributed by atoms with Gasteiger partial charge in [-0.15, -0.1) is 17.6 Å². The Morgan fingerprint density at radius 1 is 0.534 bits per heavy atom. The molecule has 2 fully saturated rings. The third-order valence-electron chi connectivity index (χ3n) is 13.7. The Morgan fingerprint density at radius 2 is 1.03 bits per heavy atom. The summed E-state index contributed by atoms with van der Waals surface area (Å²) < 4.78 is 71.9. The number of hydrogen-bond donors (Lipinski definition) is 4. The number of hydrogen-bond acceptors (Lipinski definition) is 9. The lowest BCUT2D eigenvalue weighted by Crippen LogP contribution is -2.28. The summed E-state index contributed by atoms with van der Waals surface area (Å²) in [5.74, 6) is -1.17. The van der Waals surface area contributed by atoms with Gasteiger partial charge in [-0.2, -0.15) is 0 Å². The standard InChI is InChI=1S/C29H21F2N3O3.C27H18F2N2O5/c1-16-12-19-13-18(6-8-22(19)32-16)26-21-5-3-2-4-17(21)14-25(33-26)34-27(35)28(10-11-28)20-7-9-23-24(15-20)37-29(30,31)36-23;28-27(29)35-20-9-8-18(14-21(20)36-27)26(10-11-26)25(34)31-22-13-15-4-1-2-7-19(15)23(30-22)16-5-3-6-17(12-16)24(32)33/h2-9,12-15,32H,10-11H2,1H3,(H,33,34,35);1-9,12-14H,10-11H2,(H,32,33)(H,30,31,34). The lowest BCUT2D eigenvalue weighted by Gasteiger charge is -2.17. The average Bonchev–Trinajstić information content (AvgIpc) is 4.27. The van der Waals surface area contributed by atoms with Crippen LogP contribution in [0.5, 0.6) is 23.0 Å². The Morgan fingerprint density at radius 3 is 1.53 bits per heavy atom. The topological polar surface area (TPSA) is 174 Å². The van der Waals surface area contributed by atoms with E-state index in [2.05, 4.69) is 51.7 Å². The zero-order valence-electron chi connectivity index (χ0n) is 38.4. The Balaban J connectivity index is 0.000000149. The monoisotopic (exact) mass is 985 g/mol. The van der Waals surface area contributed by atoms with Gasteiger partial charge in [0.1, 0.15) is 11.6 Å². The number of pyridine rings is 2. The van der Waals surface area contributed by atoms with E-state index >= 15 is 0 Å². The van der Waals surface area contributed by atoms with Crippen LogP contribution in [0.1, 0.15) is 52.9 Å². The van der Waals surface area contributed by atoms with E-state index in [1.807, 2.05) is 73.7 Å². The zero-order valence-corrected chi connectivity index (χ0v) is 38.4. The van der Waals surface area contributed by atoms with Crippen LogP contribution in [-0.4, -0.2) is 50.4 Å². The van der Waals surface area contributed by atoms with Crippen LogP contribution >= 0.6 is 0 Å². The van der Waals surface area contributed by atoms with Gasteiger partial charge in [0.05, 0.1) is 27.8 Å². The first-order valence-electron chi connectivity index (χ1n) is 23.2. The van der Waals surface area contributed by atoms with Crippen LogP contribution in [0.3, 0.4) is 0 Å². The highest BCUT2D eigenvalue weighted by Crippen LogP contribution is 2.54. The summed E-state index contributed by atoms with van der Waals surface area (Å²) in [4.78, 5) is 51.2. The molecule has 3 aromatic heterocycles. The minimum absolute atomic E-state index is 0.0413. The number of nitrogens with zero attached hydrogens (tertiary/aromatic N) is 2. The first kappa shape index (κ1) is 45.2. The van der Waals surface area contributed by atoms with Gasteiger partial charge < -0.3 is 39.7 Å². The summed E-state index contributed by atoms with van der Waals surface area (Å²) in [6.45, 7) is 2.02. The SMILES string of the molecule is Cc1cc2cc(-c3nc(NC(=O)C4(c5ccc6c(c5)OC(F)(F)O6)CC4)cc4ccccc34)ccc2[nH]1.O=C(O)c1cccc(-c2nc(NC(=O)C3(c4ccc5c(c4)OC(F)(F)O5)CC3)cc3ccccc23)c1. The van der Waals surface area contributed by atoms with Gasteiger partial charge in [0.25, 0.3) is 0 Å². The fraction of sp³-hybridized carbons (Fsp3) is 0.161. The molecule has 6 aromatic carbocycles. The molecule has 2 amide bonds. The number of carbonyl (C=O) groups is 3. The Bertz CT molecular complexity index is 3800. The van der Waals surface area contributed by atoms with Crippen molar-refractivity contribution in [2.75, 3.05) is 10.6 Å². The predicted molar refractivity (Wildman–Crippen MR) is 262 cm³/mol. The van der Waals surface area contributed by atoms with E-state index in [1.54, 1.807) is 30.3 Å². The van der Waals surface area contributed by atoms with Crippen molar-refractivity contribution in [2.45, 2.75) is 56.0 Å². The number of fused-ring (bicyclic) bond motifs is 5. The van der Waals surface area contributed by atoms with Crippen molar-refractivity contribution in [3.8, 4) is 45.5 Å². The van der Waals surface area contributed by atoms with Crippen molar-refractivity contribution in [2.24, 2.45) is 0 Å². The molecule has 0 atom stereocenters. The number of benzene rings is 6. The quantitative estimate of drug-likeness (QED) is 0.102. The summed E-state index contributed by atoms with van der Waals surface area (Å²) in [6.07, 6.45) is -5.17. The molecule has 2 aliphatic carbocycles. The summed E-state index contributed by atoms with van der Waals surface area (Å²) in [7, 11) is 0. The summed E-state index contributed by atoms with van der Waals surface area (Å²) in [5.41, 5.74) is 4.52. The second-order valence-electron chi connectivity index (χ2n) is 18.5. The molecule has 13 nitrogen and oxygen atoms in total. The van der Waals surface area contributed by atoms with Crippen molar-refractivity contribution in [1.29, 1.82) is 0 Å². The minimum atomic E-state index is -3.73. The molecule has 5 heterocycles. The van der Waals surface area contributed by atoms with E-state index in [0.29, 0.717) is 59.7 Å². The smallest absolute Gasteiger partial charge is 0.478 e. The number of carboxylic acid groups (broad SMARTS) is 1. The number of nitrogens with one attached hydrogen (secondary N) is 3. The molecule has 17 heteroatoms. The maximum atomic E-state index is 13.5. The fourth-order valence-corrected chi connectivity index (χ4v) is 9.70. The zero-order chi connectivity index (χ0) is 50.4. The normalized spacial score (nSPS) is 16.6. The Hall–Kier alpha value is -8.99. The second-order valence-corrected chi connectivity index (χ2v) is 18.5. The molecule has 0 saturated heterocycles. The molecule has 0 bridgehead atoms. The number of carboxylic acids is 1. The highest BCUT2D eigenvalue weighted by Gasteiger charge is 2.54. The molecule has 9 aromatic rings. The first-order valence-corrected chi connectivity index (χ1v) is 23.2. The number of aromatic amines is 1. The van der Waals surface area contributed by atoms with Crippen molar-refractivity contribution < 1.29 is 56.0 Å². The van der Waals surface area contributed by atoms with Crippen LogP contribution in [-0.2, 0) is 20.4 Å². The predicted octanol–water partition coefficient (Wildman–Crippen LogP) is 12.3. The minimum Gasteiger partial charge on any atom is -0.478 e. The van der Waals surface area contributed by atoms with Crippen LogP contribution in [0.2, 0.25) is 0 Å². The van der Waals surface area contributed by atoms with Gasteiger partial charge in [-0.3, -0.25) is 9.59 Å². The summed E-state index contributed by atoms with van der Waals surface area (Å²) in [5, 5.41) is 19.9. The molecular formula is C56H39F4N5O8. The van der Waals surface area contributed by atoms with E-state index in [1.165, 1.54) is 36.4 Å². The summed E-state index contributed by atoms with van der Waals surface area (Å²) >= 11 is 0. The number of aromatic carboxylic acids is 1. The molecule has 4 N–H and O–H groups in total. The molecule has 0 spiro atoms. The largest absolute Gasteiger partial charge is 0.586 e. The van der Waals surface area contributed by atoms with Gasteiger partial charge in [0, 0.05) is 38.5 Å². The number of halogens is 4. The molecule has 0 radical (unpaired) electrons. The average molecular weight is 986 g/mol. The van der Waals surface area contributed by atoms with E-state index in [9.17, 15) is 37.1 Å². The van der Waals surface area contributed by atoms with Gasteiger partial charge >= 0.3 is 18.6 Å². The van der Waals surface area contributed by atoms with E-state index < -0.39 is 29.4 Å². The number of aromatic nitrogens is 3. The fourth-order valence-electron chi connectivity index (χ4n) is 9.70. The number of ether oxygens (including phenoxy) is 4. The first-order chi connectivity index (χ1) is 35.0. The second kappa shape index (κ2) is 16.5. The number of rotatable bonds is 9. The van der Waals surface area contributed by atoms with Gasteiger partial charge in [-0.25, -0.2) is 14.8 Å². The Kier molecular flexibility index (Phi) is 10.2. The van der Waals surface area contributed by atoms with Crippen molar-refractivity contribution >= 4 is 61.9 Å². The van der Waals surface area contributed by atoms with Crippen molar-refractivity contribution in [3.63, 3.8) is 0 Å². The Labute approximate surface area is 411 Å². The molecule has 4 aliphatic rings. The molecule has 2 aliphatic heterocycles. The van der Waals surface area contributed by atoms with Gasteiger partial charge in [-0.05, 0) is 121 Å².